The normalized spacial score (nSPS) is 10.9. The molecule has 0 radical (unpaired) electrons. The first-order valence-corrected chi connectivity index (χ1v) is 5.43. The van der Waals surface area contributed by atoms with Crippen molar-refractivity contribution < 1.29 is 4.42 Å². The molecule has 2 heterocycles. The zero-order chi connectivity index (χ0) is 10.8. The van der Waals surface area contributed by atoms with E-state index in [1.54, 1.807) is 4.68 Å². The Morgan fingerprint density at radius 3 is 2.93 bits per heavy atom. The van der Waals surface area contributed by atoms with Crippen LogP contribution >= 0.6 is 15.9 Å². The number of hydrogen-bond donors (Lipinski definition) is 1. The van der Waals surface area contributed by atoms with Gasteiger partial charge in [-0.05, 0) is 35.1 Å². The van der Waals surface area contributed by atoms with Crippen LogP contribution in [0.4, 0.5) is 0 Å². The maximum Gasteiger partial charge on any atom is 0.169 e. The number of hydrogen-bond acceptors (Lipinski definition) is 3. The van der Waals surface area contributed by atoms with Crippen molar-refractivity contribution in [1.82, 2.24) is 15.1 Å². The van der Waals surface area contributed by atoms with Crippen LogP contribution in [-0.4, -0.2) is 16.8 Å². The molecule has 4 nitrogen and oxygen atoms in total. The molecular formula is C10H12BrN3O. The first-order valence-electron chi connectivity index (χ1n) is 4.63. The molecule has 0 atom stereocenters. The van der Waals surface area contributed by atoms with Gasteiger partial charge in [-0.25, -0.2) is 0 Å². The molecule has 2 aromatic rings. The summed E-state index contributed by atoms with van der Waals surface area (Å²) in [5, 5.41) is 7.48. The van der Waals surface area contributed by atoms with Crippen LogP contribution in [0.2, 0.25) is 0 Å². The molecule has 2 rings (SSSR count). The van der Waals surface area contributed by atoms with Crippen molar-refractivity contribution in [3.05, 3.63) is 28.6 Å². The molecule has 0 amide bonds. The van der Waals surface area contributed by atoms with Crippen molar-refractivity contribution in [2.45, 2.75) is 6.54 Å². The fraction of sp³-hybridized carbons (Fsp3) is 0.300. The predicted molar refractivity (Wildman–Crippen MR) is 61.4 cm³/mol. The minimum atomic E-state index is 0.721. The molecule has 0 unspecified atom stereocenters. The van der Waals surface area contributed by atoms with Crippen molar-refractivity contribution in [3.8, 4) is 11.5 Å². The molecule has 2 aromatic heterocycles. The third kappa shape index (κ3) is 2.13. The highest BCUT2D eigenvalue weighted by Gasteiger charge is 2.12. The summed E-state index contributed by atoms with van der Waals surface area (Å²) < 4.78 is 7.99. The van der Waals surface area contributed by atoms with Crippen LogP contribution < -0.4 is 5.32 Å². The van der Waals surface area contributed by atoms with Crippen LogP contribution in [-0.2, 0) is 13.6 Å². The van der Waals surface area contributed by atoms with E-state index in [0.717, 1.165) is 28.2 Å². The lowest BCUT2D eigenvalue weighted by molar-refractivity contribution is 0.551. The van der Waals surface area contributed by atoms with Gasteiger partial charge in [-0.1, -0.05) is 0 Å². The summed E-state index contributed by atoms with van der Waals surface area (Å²) >= 11 is 3.28. The van der Waals surface area contributed by atoms with E-state index < -0.39 is 0 Å². The molecule has 80 valence electrons. The van der Waals surface area contributed by atoms with Crippen LogP contribution in [0.1, 0.15) is 5.56 Å². The zero-order valence-corrected chi connectivity index (χ0v) is 10.2. The molecule has 0 saturated carbocycles. The lowest BCUT2D eigenvalue weighted by atomic mass is 10.2. The first-order chi connectivity index (χ1) is 7.20. The van der Waals surface area contributed by atoms with Crippen molar-refractivity contribution >= 4 is 15.9 Å². The van der Waals surface area contributed by atoms with E-state index >= 15 is 0 Å². The lowest BCUT2D eigenvalue weighted by Gasteiger charge is -1.97. The fourth-order valence-electron chi connectivity index (χ4n) is 1.51. The van der Waals surface area contributed by atoms with Crippen LogP contribution in [0.5, 0.6) is 0 Å². The molecule has 15 heavy (non-hydrogen) atoms. The summed E-state index contributed by atoms with van der Waals surface area (Å²) in [6.45, 7) is 0.779. The highest BCUT2D eigenvalue weighted by atomic mass is 79.9. The average Bonchev–Trinajstić information content (AvgIpc) is 2.73. The minimum absolute atomic E-state index is 0.721. The van der Waals surface area contributed by atoms with E-state index in [9.17, 15) is 0 Å². The quantitative estimate of drug-likeness (QED) is 0.929. The number of aromatic nitrogens is 2. The van der Waals surface area contributed by atoms with Gasteiger partial charge in [0.05, 0.1) is 0 Å². The van der Waals surface area contributed by atoms with Gasteiger partial charge in [0, 0.05) is 25.4 Å². The molecule has 1 N–H and O–H groups in total. The Labute approximate surface area is 96.4 Å². The van der Waals surface area contributed by atoms with Gasteiger partial charge >= 0.3 is 0 Å². The van der Waals surface area contributed by atoms with E-state index in [0.29, 0.717) is 0 Å². The molecule has 0 aliphatic rings. The highest BCUT2D eigenvalue weighted by Crippen LogP contribution is 2.26. The third-order valence-corrected chi connectivity index (χ3v) is 2.50. The molecule has 0 saturated heterocycles. The Hall–Kier alpha value is -1.07. The van der Waals surface area contributed by atoms with Gasteiger partial charge in [0.1, 0.15) is 5.69 Å². The highest BCUT2D eigenvalue weighted by molar-refractivity contribution is 9.10. The summed E-state index contributed by atoms with van der Waals surface area (Å²) in [7, 11) is 3.81. The first kappa shape index (κ1) is 10.4. The Kier molecular flexibility index (Phi) is 2.93. The van der Waals surface area contributed by atoms with Crippen LogP contribution in [0.15, 0.2) is 27.4 Å². The number of aryl methyl sites for hydroxylation is 1. The van der Waals surface area contributed by atoms with E-state index in [1.165, 1.54) is 0 Å². The van der Waals surface area contributed by atoms with Gasteiger partial charge in [0.15, 0.2) is 10.4 Å². The van der Waals surface area contributed by atoms with Gasteiger partial charge in [0.25, 0.3) is 0 Å². The second-order valence-corrected chi connectivity index (χ2v) is 4.09. The summed E-state index contributed by atoms with van der Waals surface area (Å²) in [4.78, 5) is 0. The lowest BCUT2D eigenvalue weighted by Crippen LogP contribution is -2.04. The molecule has 0 aromatic carbocycles. The predicted octanol–water partition coefficient (Wildman–Crippen LogP) is 2.16. The Morgan fingerprint density at radius 1 is 1.53 bits per heavy atom. The topological polar surface area (TPSA) is 43.0 Å². The summed E-state index contributed by atoms with van der Waals surface area (Å²) in [5.74, 6) is 0.785. The summed E-state index contributed by atoms with van der Waals surface area (Å²) in [5.41, 5.74) is 2.01. The van der Waals surface area contributed by atoms with Gasteiger partial charge in [-0.2, -0.15) is 5.10 Å². The summed E-state index contributed by atoms with van der Waals surface area (Å²) in [6, 6.07) is 3.78. The molecule has 0 aliphatic carbocycles. The molecule has 0 fully saturated rings. The fourth-order valence-corrected chi connectivity index (χ4v) is 1.81. The van der Waals surface area contributed by atoms with Crippen molar-refractivity contribution in [2.24, 2.45) is 7.05 Å². The number of nitrogens with one attached hydrogen (secondary N) is 1. The molecule has 5 heteroatoms. The monoisotopic (exact) mass is 269 g/mol. The van der Waals surface area contributed by atoms with Crippen LogP contribution in [0.25, 0.3) is 11.5 Å². The van der Waals surface area contributed by atoms with Gasteiger partial charge in [-0.3, -0.25) is 4.68 Å². The maximum absolute atomic E-state index is 5.48. The SMILES string of the molecule is CNCc1cn(C)nc1-c1ccc(Br)o1. The van der Waals surface area contributed by atoms with Crippen molar-refractivity contribution in [2.75, 3.05) is 7.05 Å². The number of furan rings is 1. The second-order valence-electron chi connectivity index (χ2n) is 3.31. The molecular weight excluding hydrogens is 258 g/mol. The maximum atomic E-state index is 5.48. The van der Waals surface area contributed by atoms with Gasteiger partial charge < -0.3 is 9.73 Å². The number of rotatable bonds is 3. The summed E-state index contributed by atoms with van der Waals surface area (Å²) in [6.07, 6.45) is 1.99. The standard InChI is InChI=1S/C10H12BrN3O/c1-12-5-7-6-14(2)13-10(7)8-3-4-9(11)15-8/h3-4,6,12H,5H2,1-2H3. The number of nitrogens with zero attached hydrogens (tertiary/aromatic N) is 2. The average molecular weight is 270 g/mol. The molecule has 0 aliphatic heterocycles. The van der Waals surface area contributed by atoms with E-state index in [2.05, 4.69) is 26.3 Å². The largest absolute Gasteiger partial charge is 0.448 e. The Morgan fingerprint density at radius 2 is 2.33 bits per heavy atom. The van der Waals surface area contributed by atoms with Gasteiger partial charge in [-0.15, -0.1) is 0 Å². The Balaban J connectivity index is 2.42. The smallest absolute Gasteiger partial charge is 0.169 e. The van der Waals surface area contributed by atoms with Gasteiger partial charge in [0.2, 0.25) is 0 Å². The van der Waals surface area contributed by atoms with E-state index in [-0.39, 0.29) is 0 Å². The van der Waals surface area contributed by atoms with Crippen LogP contribution in [0.3, 0.4) is 0 Å². The Bertz CT molecular complexity index is 461. The van der Waals surface area contributed by atoms with Crippen molar-refractivity contribution in [1.29, 1.82) is 0 Å². The number of halogens is 1. The third-order valence-electron chi connectivity index (χ3n) is 2.08. The zero-order valence-electron chi connectivity index (χ0n) is 8.62. The van der Waals surface area contributed by atoms with E-state index in [4.69, 9.17) is 4.42 Å². The second kappa shape index (κ2) is 4.20. The minimum Gasteiger partial charge on any atom is -0.448 e. The van der Waals surface area contributed by atoms with Crippen LogP contribution in [0, 0.1) is 0 Å². The molecule has 0 bridgehead atoms. The molecule has 0 spiro atoms. The van der Waals surface area contributed by atoms with E-state index in [1.807, 2.05) is 32.4 Å². The van der Waals surface area contributed by atoms with Crippen molar-refractivity contribution in [3.63, 3.8) is 0 Å².